The van der Waals surface area contributed by atoms with Crippen LogP contribution in [0.3, 0.4) is 0 Å². The highest BCUT2D eigenvalue weighted by Gasteiger charge is 2.10. The first-order valence-electron chi connectivity index (χ1n) is 6.48. The molecule has 4 nitrogen and oxygen atoms in total. The van der Waals surface area contributed by atoms with Gasteiger partial charge in [-0.3, -0.25) is 4.79 Å². The Balaban J connectivity index is 1.91. The highest BCUT2D eigenvalue weighted by Crippen LogP contribution is 2.14. The lowest BCUT2D eigenvalue weighted by Crippen LogP contribution is -2.36. The molecule has 2 rings (SSSR count). The van der Waals surface area contributed by atoms with E-state index in [1.807, 2.05) is 6.92 Å². The zero-order valence-corrected chi connectivity index (χ0v) is 11.3. The fraction of sp³-hybridized carbons (Fsp3) is 0.267. The topological polar surface area (TPSA) is 45.5 Å². The Bertz CT molecular complexity index is 555. The molecule has 1 aromatic heterocycles. The van der Waals surface area contributed by atoms with E-state index in [0.29, 0.717) is 24.5 Å². The van der Waals surface area contributed by atoms with Crippen molar-refractivity contribution in [2.24, 2.45) is 0 Å². The minimum absolute atomic E-state index is 0.132. The number of nitrogens with one attached hydrogen (secondary N) is 1. The molecule has 0 spiro atoms. The number of hydrogen-bond donors (Lipinski definition) is 1. The van der Waals surface area contributed by atoms with Crippen LogP contribution >= 0.6 is 0 Å². The lowest BCUT2D eigenvalue weighted by Gasteiger charge is -2.22. The molecule has 1 N–H and O–H groups in total. The van der Waals surface area contributed by atoms with E-state index in [9.17, 15) is 9.18 Å². The summed E-state index contributed by atoms with van der Waals surface area (Å²) < 4.78 is 18.3. The van der Waals surface area contributed by atoms with Crippen LogP contribution in [0.2, 0.25) is 0 Å². The smallest absolute Gasteiger partial charge is 0.239 e. The standard InChI is InChI=1S/C15H17FN2O2/c1-2-18(13-6-3-5-12(16)9-13)11-15(19)17-10-14-7-4-8-20-14/h3-9H,2,10-11H2,1H3,(H,17,19). The van der Waals surface area contributed by atoms with Gasteiger partial charge in [0.15, 0.2) is 0 Å². The van der Waals surface area contributed by atoms with Crippen molar-refractivity contribution in [2.75, 3.05) is 18.0 Å². The van der Waals surface area contributed by atoms with Crippen molar-refractivity contribution in [2.45, 2.75) is 13.5 Å². The van der Waals surface area contributed by atoms with Crippen LogP contribution in [0.1, 0.15) is 12.7 Å². The average molecular weight is 276 g/mol. The van der Waals surface area contributed by atoms with Crippen molar-refractivity contribution >= 4 is 11.6 Å². The van der Waals surface area contributed by atoms with Crippen LogP contribution in [-0.4, -0.2) is 19.0 Å². The molecule has 0 fully saturated rings. The summed E-state index contributed by atoms with van der Waals surface area (Å²) in [7, 11) is 0. The summed E-state index contributed by atoms with van der Waals surface area (Å²) in [6.07, 6.45) is 1.56. The van der Waals surface area contributed by atoms with E-state index in [1.165, 1.54) is 12.1 Å². The van der Waals surface area contributed by atoms with Crippen LogP contribution in [0.25, 0.3) is 0 Å². The van der Waals surface area contributed by atoms with Gasteiger partial charge in [-0.25, -0.2) is 4.39 Å². The zero-order chi connectivity index (χ0) is 14.4. The average Bonchev–Trinajstić information content (AvgIpc) is 2.96. The first kappa shape index (κ1) is 14.1. The van der Waals surface area contributed by atoms with Crippen molar-refractivity contribution < 1.29 is 13.6 Å². The molecule has 0 bridgehead atoms. The summed E-state index contributed by atoms with van der Waals surface area (Å²) in [5.74, 6) is 0.261. The van der Waals surface area contributed by atoms with Gasteiger partial charge < -0.3 is 14.6 Å². The van der Waals surface area contributed by atoms with Crippen LogP contribution in [0.15, 0.2) is 47.1 Å². The molecule has 0 radical (unpaired) electrons. The van der Waals surface area contributed by atoms with Crippen LogP contribution in [0.5, 0.6) is 0 Å². The first-order valence-corrected chi connectivity index (χ1v) is 6.48. The fourth-order valence-electron chi connectivity index (χ4n) is 1.89. The Morgan fingerprint density at radius 3 is 2.85 bits per heavy atom. The molecular formula is C15H17FN2O2. The maximum absolute atomic E-state index is 13.2. The maximum atomic E-state index is 13.2. The molecule has 1 heterocycles. The Hall–Kier alpha value is -2.30. The number of rotatable bonds is 6. The van der Waals surface area contributed by atoms with Crippen LogP contribution in [0, 0.1) is 5.82 Å². The van der Waals surface area contributed by atoms with Crippen molar-refractivity contribution in [3.63, 3.8) is 0 Å². The highest BCUT2D eigenvalue weighted by atomic mass is 19.1. The molecular weight excluding hydrogens is 259 g/mol. The minimum Gasteiger partial charge on any atom is -0.467 e. The van der Waals surface area contributed by atoms with Gasteiger partial charge in [0.1, 0.15) is 11.6 Å². The number of amides is 1. The largest absolute Gasteiger partial charge is 0.467 e. The van der Waals surface area contributed by atoms with Crippen LogP contribution in [-0.2, 0) is 11.3 Å². The predicted octanol–water partition coefficient (Wildman–Crippen LogP) is 2.56. The third-order valence-corrected chi connectivity index (χ3v) is 2.93. The fourth-order valence-corrected chi connectivity index (χ4v) is 1.89. The van der Waals surface area contributed by atoms with Gasteiger partial charge in [0.2, 0.25) is 5.91 Å². The third kappa shape index (κ3) is 3.85. The second-order valence-electron chi connectivity index (χ2n) is 4.35. The van der Waals surface area contributed by atoms with E-state index in [-0.39, 0.29) is 18.3 Å². The predicted molar refractivity (Wildman–Crippen MR) is 74.8 cm³/mol. The summed E-state index contributed by atoms with van der Waals surface area (Å²) in [5, 5.41) is 2.77. The van der Waals surface area contributed by atoms with Crippen LogP contribution < -0.4 is 10.2 Å². The number of carbonyl (C=O) groups is 1. The second-order valence-corrected chi connectivity index (χ2v) is 4.35. The van der Waals surface area contributed by atoms with Gasteiger partial charge in [0.25, 0.3) is 0 Å². The minimum atomic E-state index is -0.308. The summed E-state index contributed by atoms with van der Waals surface area (Å²) >= 11 is 0. The monoisotopic (exact) mass is 276 g/mol. The number of nitrogens with zero attached hydrogens (tertiary/aromatic N) is 1. The number of furan rings is 1. The van der Waals surface area contributed by atoms with Gasteiger partial charge in [-0.05, 0) is 37.3 Å². The van der Waals surface area contributed by atoms with E-state index in [2.05, 4.69) is 5.32 Å². The zero-order valence-electron chi connectivity index (χ0n) is 11.3. The summed E-state index contributed by atoms with van der Waals surface area (Å²) in [4.78, 5) is 13.7. The number of likely N-dealkylation sites (N-methyl/N-ethyl adjacent to an activating group) is 1. The molecule has 20 heavy (non-hydrogen) atoms. The Morgan fingerprint density at radius 2 is 2.20 bits per heavy atom. The van der Waals surface area contributed by atoms with Gasteiger partial charge in [-0.15, -0.1) is 0 Å². The Labute approximate surface area is 117 Å². The van der Waals surface area contributed by atoms with E-state index in [1.54, 1.807) is 35.4 Å². The molecule has 0 aliphatic rings. The molecule has 5 heteroatoms. The van der Waals surface area contributed by atoms with E-state index in [4.69, 9.17) is 4.42 Å². The summed E-state index contributed by atoms with van der Waals surface area (Å²) in [6, 6.07) is 9.79. The summed E-state index contributed by atoms with van der Waals surface area (Å²) in [6.45, 7) is 3.08. The second kappa shape index (κ2) is 6.75. The number of hydrogen-bond acceptors (Lipinski definition) is 3. The van der Waals surface area contributed by atoms with Gasteiger partial charge in [0.05, 0.1) is 19.4 Å². The van der Waals surface area contributed by atoms with Crippen molar-refractivity contribution in [1.29, 1.82) is 0 Å². The number of carbonyl (C=O) groups excluding carboxylic acids is 1. The van der Waals surface area contributed by atoms with E-state index >= 15 is 0 Å². The normalized spacial score (nSPS) is 10.3. The quantitative estimate of drug-likeness (QED) is 0.882. The molecule has 0 saturated heterocycles. The van der Waals surface area contributed by atoms with Gasteiger partial charge in [0, 0.05) is 12.2 Å². The molecule has 0 unspecified atom stereocenters. The molecule has 1 aromatic carbocycles. The van der Waals surface area contributed by atoms with Crippen molar-refractivity contribution in [3.8, 4) is 0 Å². The Kier molecular flexibility index (Phi) is 4.76. The third-order valence-electron chi connectivity index (χ3n) is 2.93. The molecule has 0 aliphatic heterocycles. The van der Waals surface area contributed by atoms with E-state index < -0.39 is 0 Å². The maximum Gasteiger partial charge on any atom is 0.239 e. The first-order chi connectivity index (χ1) is 9.69. The van der Waals surface area contributed by atoms with Gasteiger partial charge >= 0.3 is 0 Å². The van der Waals surface area contributed by atoms with Crippen molar-refractivity contribution in [1.82, 2.24) is 5.32 Å². The van der Waals surface area contributed by atoms with E-state index in [0.717, 1.165) is 0 Å². The SMILES string of the molecule is CCN(CC(=O)NCc1ccco1)c1cccc(F)c1. The molecule has 0 saturated carbocycles. The van der Waals surface area contributed by atoms with Crippen molar-refractivity contribution in [3.05, 3.63) is 54.2 Å². The molecule has 0 atom stereocenters. The molecule has 0 aliphatic carbocycles. The molecule has 2 aromatic rings. The number of benzene rings is 1. The van der Waals surface area contributed by atoms with Crippen LogP contribution in [0.4, 0.5) is 10.1 Å². The Morgan fingerprint density at radius 1 is 1.35 bits per heavy atom. The number of anilines is 1. The van der Waals surface area contributed by atoms with Gasteiger partial charge in [-0.2, -0.15) is 0 Å². The highest BCUT2D eigenvalue weighted by molar-refractivity contribution is 5.81. The lowest BCUT2D eigenvalue weighted by molar-refractivity contribution is -0.120. The molecule has 106 valence electrons. The molecule has 1 amide bonds. The summed E-state index contributed by atoms with van der Waals surface area (Å²) in [5.41, 5.74) is 0.695. The lowest BCUT2D eigenvalue weighted by atomic mass is 10.2. The van der Waals surface area contributed by atoms with Gasteiger partial charge in [-0.1, -0.05) is 6.07 Å². The number of halogens is 1.